The predicted octanol–water partition coefficient (Wildman–Crippen LogP) is 1.87. The first-order valence-corrected chi connectivity index (χ1v) is 11.0. The minimum Gasteiger partial charge on any atom is -0.396 e. The summed E-state index contributed by atoms with van der Waals surface area (Å²) in [7, 11) is 0. The van der Waals surface area contributed by atoms with Gasteiger partial charge in [0.1, 0.15) is 15.8 Å². The highest BCUT2D eigenvalue weighted by atomic mass is 32.2. The fraction of sp³-hybridized carbons (Fsp3) is 0.400. The van der Waals surface area contributed by atoms with Crippen molar-refractivity contribution in [2.45, 2.75) is 25.4 Å². The zero-order valence-electron chi connectivity index (χ0n) is 16.2. The molecule has 0 spiro atoms. The molecule has 0 bridgehead atoms. The van der Waals surface area contributed by atoms with E-state index in [0.29, 0.717) is 46.8 Å². The molecule has 2 aromatic heterocycles. The lowest BCUT2D eigenvalue weighted by molar-refractivity contribution is -0.123. The first-order chi connectivity index (χ1) is 14.6. The number of aliphatic hydroxyl groups is 1. The van der Waals surface area contributed by atoms with Crippen LogP contribution in [0.1, 0.15) is 24.8 Å². The molecule has 0 radical (unpaired) electrons. The van der Waals surface area contributed by atoms with E-state index in [0.717, 1.165) is 12.8 Å². The normalized spacial score (nSPS) is 20.6. The quantitative estimate of drug-likeness (QED) is 0.378. The van der Waals surface area contributed by atoms with Crippen molar-refractivity contribution in [3.63, 3.8) is 0 Å². The summed E-state index contributed by atoms with van der Waals surface area (Å²) in [5.74, 6) is 0.156. The predicted molar refractivity (Wildman–Crippen MR) is 121 cm³/mol. The first-order valence-electron chi connectivity index (χ1n) is 9.81. The molecule has 1 amide bonds. The Kier molecular flexibility index (Phi) is 6.47. The van der Waals surface area contributed by atoms with Crippen LogP contribution in [-0.4, -0.2) is 62.0 Å². The summed E-state index contributed by atoms with van der Waals surface area (Å²) in [5.41, 5.74) is 0.503. The van der Waals surface area contributed by atoms with E-state index >= 15 is 0 Å². The van der Waals surface area contributed by atoms with Crippen molar-refractivity contribution in [2.75, 3.05) is 31.6 Å². The van der Waals surface area contributed by atoms with Crippen molar-refractivity contribution in [3.8, 4) is 0 Å². The number of aromatic nitrogens is 2. The number of anilines is 1. The zero-order valence-corrected chi connectivity index (χ0v) is 17.9. The molecule has 2 saturated heterocycles. The molecule has 2 N–H and O–H groups in total. The largest absolute Gasteiger partial charge is 0.396 e. The number of carbonyl (C=O) groups is 1. The van der Waals surface area contributed by atoms with Crippen LogP contribution < -0.4 is 10.9 Å². The van der Waals surface area contributed by atoms with Crippen LogP contribution in [0, 0.1) is 0 Å². The summed E-state index contributed by atoms with van der Waals surface area (Å²) in [4.78, 5) is 32.6. The Morgan fingerprint density at radius 2 is 2.27 bits per heavy atom. The topological polar surface area (TPSA) is 96.2 Å². The van der Waals surface area contributed by atoms with E-state index in [1.54, 1.807) is 35.4 Å². The number of pyridine rings is 1. The number of nitrogens with one attached hydrogen (secondary N) is 1. The number of amides is 1. The van der Waals surface area contributed by atoms with Crippen LogP contribution in [0.3, 0.4) is 0 Å². The molecule has 0 saturated carbocycles. The van der Waals surface area contributed by atoms with E-state index in [9.17, 15) is 9.59 Å². The van der Waals surface area contributed by atoms with Gasteiger partial charge < -0.3 is 15.2 Å². The minimum absolute atomic E-state index is 0.00415. The molecule has 2 aromatic rings. The van der Waals surface area contributed by atoms with Crippen LogP contribution in [0.5, 0.6) is 0 Å². The highest BCUT2D eigenvalue weighted by Gasteiger charge is 2.35. The molecule has 2 aliphatic rings. The summed E-state index contributed by atoms with van der Waals surface area (Å²) < 4.78 is 7.53. The van der Waals surface area contributed by atoms with E-state index in [1.165, 1.54) is 16.2 Å². The lowest BCUT2D eigenvalue weighted by Crippen LogP contribution is -2.35. The Hall–Kier alpha value is -2.27. The SMILES string of the molecule is O=C1/C(=C/c2c(NCCCO)nc3ccccn3c2=O)SC(=S)N1C[C@@H]1CCCO1. The zero-order chi connectivity index (χ0) is 21.1. The van der Waals surface area contributed by atoms with Crippen LogP contribution in [0.4, 0.5) is 5.82 Å². The average Bonchev–Trinajstić information content (AvgIpc) is 3.35. The number of nitrogens with zero attached hydrogens (tertiary/aromatic N) is 3. The van der Waals surface area contributed by atoms with Crippen molar-refractivity contribution in [1.29, 1.82) is 0 Å². The van der Waals surface area contributed by atoms with E-state index in [4.69, 9.17) is 22.1 Å². The second kappa shape index (κ2) is 9.25. The summed E-state index contributed by atoms with van der Waals surface area (Å²) in [6, 6.07) is 5.29. The lowest BCUT2D eigenvalue weighted by atomic mass is 10.2. The smallest absolute Gasteiger partial charge is 0.267 e. The molecule has 0 aliphatic carbocycles. The van der Waals surface area contributed by atoms with Gasteiger partial charge in [0.2, 0.25) is 0 Å². The molecular formula is C20H22N4O4S2. The molecule has 2 aliphatic heterocycles. The Morgan fingerprint density at radius 1 is 1.40 bits per heavy atom. The molecule has 30 heavy (non-hydrogen) atoms. The molecule has 2 fully saturated rings. The maximum Gasteiger partial charge on any atom is 0.267 e. The third kappa shape index (κ3) is 4.27. The number of ether oxygens (including phenoxy) is 1. The molecule has 10 heteroatoms. The second-order valence-corrected chi connectivity index (χ2v) is 8.72. The number of thioether (sulfide) groups is 1. The molecule has 8 nitrogen and oxygen atoms in total. The van der Waals surface area contributed by atoms with E-state index in [1.807, 2.05) is 0 Å². The van der Waals surface area contributed by atoms with Crippen LogP contribution in [-0.2, 0) is 9.53 Å². The summed E-state index contributed by atoms with van der Waals surface area (Å²) in [5, 5.41) is 12.2. The monoisotopic (exact) mass is 446 g/mol. The van der Waals surface area contributed by atoms with Crippen molar-refractivity contribution >= 4 is 51.7 Å². The van der Waals surface area contributed by atoms with Gasteiger partial charge in [-0.25, -0.2) is 4.98 Å². The third-order valence-corrected chi connectivity index (χ3v) is 6.33. The van der Waals surface area contributed by atoms with Gasteiger partial charge in [-0.2, -0.15) is 0 Å². The third-order valence-electron chi connectivity index (χ3n) is 4.96. The van der Waals surface area contributed by atoms with Crippen LogP contribution >= 0.6 is 24.0 Å². The summed E-state index contributed by atoms with van der Waals surface area (Å²) in [6.07, 6.45) is 5.60. The molecule has 0 aromatic carbocycles. The Labute approximate surface area is 182 Å². The maximum atomic E-state index is 13.1. The van der Waals surface area contributed by atoms with Gasteiger partial charge in [-0.1, -0.05) is 30.0 Å². The molecule has 1 atom stereocenters. The van der Waals surface area contributed by atoms with Gasteiger partial charge in [-0.15, -0.1) is 0 Å². The van der Waals surface area contributed by atoms with Crippen LogP contribution in [0.25, 0.3) is 11.7 Å². The summed E-state index contributed by atoms with van der Waals surface area (Å²) >= 11 is 6.58. The maximum absolute atomic E-state index is 13.1. The van der Waals surface area contributed by atoms with Crippen molar-refractivity contribution < 1.29 is 14.6 Å². The van der Waals surface area contributed by atoms with E-state index in [-0.39, 0.29) is 29.7 Å². The Morgan fingerprint density at radius 3 is 3.03 bits per heavy atom. The van der Waals surface area contributed by atoms with Gasteiger partial charge in [0.15, 0.2) is 0 Å². The number of hydrogen-bond donors (Lipinski definition) is 2. The number of aliphatic hydroxyl groups excluding tert-OH is 1. The molecular weight excluding hydrogens is 424 g/mol. The van der Waals surface area contributed by atoms with Gasteiger partial charge in [0, 0.05) is 26.0 Å². The van der Waals surface area contributed by atoms with Gasteiger partial charge in [-0.3, -0.25) is 18.9 Å². The second-order valence-electron chi connectivity index (χ2n) is 7.04. The van der Waals surface area contributed by atoms with Crippen molar-refractivity contribution in [3.05, 3.63) is 45.2 Å². The number of thiocarbonyl (C=S) groups is 1. The van der Waals surface area contributed by atoms with Gasteiger partial charge in [0.05, 0.1) is 23.1 Å². The fourth-order valence-electron chi connectivity index (χ4n) is 3.43. The molecule has 0 unspecified atom stereocenters. The molecule has 158 valence electrons. The van der Waals surface area contributed by atoms with E-state index < -0.39 is 0 Å². The first kappa shape index (κ1) is 21.0. The van der Waals surface area contributed by atoms with Gasteiger partial charge in [0.25, 0.3) is 11.5 Å². The number of carbonyl (C=O) groups excluding carboxylic acids is 1. The lowest BCUT2D eigenvalue weighted by Gasteiger charge is -2.18. The Balaban J connectivity index is 1.69. The van der Waals surface area contributed by atoms with Gasteiger partial charge in [-0.05, 0) is 37.5 Å². The number of fused-ring (bicyclic) bond motifs is 1. The average molecular weight is 447 g/mol. The van der Waals surface area contributed by atoms with Gasteiger partial charge >= 0.3 is 0 Å². The Bertz CT molecular complexity index is 1060. The van der Waals surface area contributed by atoms with Crippen molar-refractivity contribution in [1.82, 2.24) is 14.3 Å². The van der Waals surface area contributed by atoms with Crippen molar-refractivity contribution in [2.24, 2.45) is 0 Å². The molecule has 4 rings (SSSR count). The molecule has 4 heterocycles. The number of hydrogen-bond acceptors (Lipinski definition) is 8. The highest BCUT2D eigenvalue weighted by molar-refractivity contribution is 8.26. The fourth-order valence-corrected chi connectivity index (χ4v) is 4.69. The minimum atomic E-state index is -0.281. The van der Waals surface area contributed by atoms with Crippen LogP contribution in [0.2, 0.25) is 0 Å². The number of rotatable bonds is 7. The highest BCUT2D eigenvalue weighted by Crippen LogP contribution is 2.34. The standard InChI is InChI=1S/C20H22N4O4S2/c25-9-4-7-21-17-14(18(26)23-8-2-1-6-16(23)22-17)11-15-19(27)24(20(29)30-15)12-13-5-3-10-28-13/h1-2,6,8,11,13,21,25H,3-5,7,9-10,12H2/b15-11-/t13-/m0/s1. The van der Waals surface area contributed by atoms with E-state index in [2.05, 4.69) is 10.3 Å². The summed E-state index contributed by atoms with van der Waals surface area (Å²) in [6.45, 7) is 1.61. The van der Waals surface area contributed by atoms with Crippen LogP contribution in [0.15, 0.2) is 34.1 Å².